The summed E-state index contributed by atoms with van der Waals surface area (Å²) in [6, 6.07) is 6.23. The average molecular weight is 437 g/mol. The second-order valence-corrected chi connectivity index (χ2v) is 6.98. The number of pyridine rings is 1. The van der Waals surface area contributed by atoms with E-state index in [9.17, 15) is 24.3 Å². The second-order valence-electron chi connectivity index (χ2n) is 6.98. The molecule has 0 fully saturated rings. The molecule has 0 radical (unpaired) electrons. The number of hydrogen-bond acceptors (Lipinski definition) is 8. The van der Waals surface area contributed by atoms with E-state index in [4.69, 9.17) is 16.6 Å². The van der Waals surface area contributed by atoms with Crippen LogP contribution in [0.25, 0.3) is 23.2 Å². The zero-order valence-electron chi connectivity index (χ0n) is 16.6. The van der Waals surface area contributed by atoms with Crippen LogP contribution >= 0.6 is 0 Å². The number of carbonyl (C=O) groups is 3. The number of anilines is 1. The highest BCUT2D eigenvalue weighted by Gasteiger charge is 2.31. The van der Waals surface area contributed by atoms with Crippen LogP contribution in [0.1, 0.15) is 27.9 Å². The number of fused-ring (bicyclic) bond motifs is 1. The third-order valence-corrected chi connectivity index (χ3v) is 4.69. The lowest BCUT2D eigenvalue weighted by Gasteiger charge is -2.14. The van der Waals surface area contributed by atoms with Crippen molar-refractivity contribution in [2.45, 2.75) is 12.5 Å². The van der Waals surface area contributed by atoms with Crippen molar-refractivity contribution in [2.24, 2.45) is 11.7 Å². The number of aromatic nitrogens is 3. The van der Waals surface area contributed by atoms with Crippen LogP contribution < -0.4 is 17.0 Å². The van der Waals surface area contributed by atoms with Gasteiger partial charge in [0.1, 0.15) is 12.0 Å². The number of hydrogen-bond donors (Lipinski definition) is 5. The van der Waals surface area contributed by atoms with Crippen LogP contribution in [-0.4, -0.2) is 48.9 Å². The molecule has 32 heavy (non-hydrogen) atoms. The van der Waals surface area contributed by atoms with Gasteiger partial charge in [-0.15, -0.1) is 0 Å². The van der Waals surface area contributed by atoms with E-state index in [-0.39, 0.29) is 22.5 Å². The Morgan fingerprint density at radius 2 is 1.72 bits per heavy atom. The largest absolute Gasteiger partial charge is 0.481 e. The standard InChI is InChI=1S/C21H19N5O6/c22-15(20(31)32)8-13(19(29)30)16(27)12-5-3-10(4-6-12)1-2-11-7-14-17(24-9-11)25-21(23)26-18(14)28/h1-7,9,13,15H,8,22H2,(H,29,30)(H,31,32)(H3,23,24,25,26,28)/t13?,15-/m0/s1. The van der Waals surface area contributed by atoms with Gasteiger partial charge in [-0.2, -0.15) is 4.98 Å². The van der Waals surface area contributed by atoms with E-state index >= 15 is 0 Å². The molecule has 1 aromatic carbocycles. The summed E-state index contributed by atoms with van der Waals surface area (Å²) in [5, 5.41) is 18.4. The molecule has 0 amide bonds. The number of carboxylic acids is 2. The molecule has 1 unspecified atom stereocenters. The van der Waals surface area contributed by atoms with Crippen molar-refractivity contribution in [2.75, 3.05) is 5.73 Å². The quantitative estimate of drug-likeness (QED) is 0.247. The SMILES string of the molecule is Nc1nc2ncc(C=Cc3ccc(C(=O)C(C[C@H](N)C(=O)O)C(=O)O)cc3)cc2c(=O)[nH]1. The van der Waals surface area contributed by atoms with Crippen LogP contribution in [-0.2, 0) is 9.59 Å². The molecule has 2 aromatic heterocycles. The van der Waals surface area contributed by atoms with Crippen molar-refractivity contribution in [3.63, 3.8) is 0 Å². The molecule has 0 aliphatic carbocycles. The van der Waals surface area contributed by atoms with Gasteiger partial charge in [0.15, 0.2) is 11.4 Å². The predicted molar refractivity (Wildman–Crippen MR) is 116 cm³/mol. The number of Topliss-reactive ketones (excluding diaryl/α,β-unsaturated/α-hetero) is 1. The molecule has 7 N–H and O–H groups in total. The molecular weight excluding hydrogens is 418 g/mol. The summed E-state index contributed by atoms with van der Waals surface area (Å²) in [5.41, 5.74) is 12.1. The molecule has 0 bridgehead atoms. The molecule has 11 nitrogen and oxygen atoms in total. The van der Waals surface area contributed by atoms with E-state index in [2.05, 4.69) is 15.0 Å². The van der Waals surface area contributed by atoms with E-state index in [1.54, 1.807) is 30.4 Å². The summed E-state index contributed by atoms with van der Waals surface area (Å²) in [6.07, 6.45) is 4.42. The number of rotatable bonds is 8. The minimum absolute atomic E-state index is 0.0250. The number of aromatic amines is 1. The van der Waals surface area contributed by atoms with Gasteiger partial charge in [0, 0.05) is 11.8 Å². The molecule has 164 valence electrons. The van der Waals surface area contributed by atoms with Gasteiger partial charge in [0.25, 0.3) is 5.56 Å². The number of ketones is 1. The summed E-state index contributed by atoms with van der Waals surface area (Å²) >= 11 is 0. The van der Waals surface area contributed by atoms with Gasteiger partial charge in [0.05, 0.1) is 5.39 Å². The molecule has 0 spiro atoms. The lowest BCUT2D eigenvalue weighted by atomic mass is 9.91. The number of carbonyl (C=O) groups excluding carboxylic acids is 1. The topological polar surface area (TPSA) is 202 Å². The first-order valence-corrected chi connectivity index (χ1v) is 9.35. The number of nitrogens with one attached hydrogen (secondary N) is 1. The smallest absolute Gasteiger partial charge is 0.320 e. The first kappa shape index (κ1) is 22.3. The van der Waals surface area contributed by atoms with Crippen LogP contribution in [0.4, 0.5) is 5.95 Å². The fourth-order valence-electron chi connectivity index (χ4n) is 2.97. The lowest BCUT2D eigenvalue weighted by Crippen LogP contribution is -2.37. The van der Waals surface area contributed by atoms with Gasteiger partial charge >= 0.3 is 11.9 Å². The number of aliphatic carboxylic acids is 2. The lowest BCUT2D eigenvalue weighted by molar-refractivity contribution is -0.142. The molecule has 0 aliphatic rings. The zero-order chi connectivity index (χ0) is 23.4. The number of H-pyrrole nitrogens is 1. The summed E-state index contributed by atoms with van der Waals surface area (Å²) in [7, 11) is 0. The Kier molecular flexibility index (Phi) is 6.40. The normalized spacial score (nSPS) is 13.2. The van der Waals surface area contributed by atoms with Crippen LogP contribution in [0.5, 0.6) is 0 Å². The van der Waals surface area contributed by atoms with E-state index in [0.29, 0.717) is 11.1 Å². The van der Waals surface area contributed by atoms with E-state index in [0.717, 1.165) is 0 Å². The maximum atomic E-state index is 12.5. The van der Waals surface area contributed by atoms with Crippen molar-refractivity contribution in [3.8, 4) is 0 Å². The highest BCUT2D eigenvalue weighted by Crippen LogP contribution is 2.17. The molecular formula is C21H19N5O6. The number of nitrogens with two attached hydrogens (primary N) is 2. The Balaban J connectivity index is 1.78. The first-order valence-electron chi connectivity index (χ1n) is 9.35. The molecule has 3 aromatic rings. The average Bonchev–Trinajstić information content (AvgIpc) is 2.75. The summed E-state index contributed by atoms with van der Waals surface area (Å²) in [6.45, 7) is 0. The Morgan fingerprint density at radius 3 is 2.34 bits per heavy atom. The highest BCUT2D eigenvalue weighted by atomic mass is 16.4. The maximum absolute atomic E-state index is 12.5. The number of nitrogen functional groups attached to an aromatic ring is 1. The molecule has 2 atom stereocenters. The molecule has 2 heterocycles. The third kappa shape index (κ3) is 5.02. The maximum Gasteiger partial charge on any atom is 0.320 e. The van der Waals surface area contributed by atoms with Crippen LogP contribution in [0.3, 0.4) is 0 Å². The van der Waals surface area contributed by atoms with Gasteiger partial charge in [-0.05, 0) is 23.6 Å². The summed E-state index contributed by atoms with van der Waals surface area (Å²) < 4.78 is 0. The number of nitrogens with zero attached hydrogens (tertiary/aromatic N) is 2. The fourth-order valence-corrected chi connectivity index (χ4v) is 2.97. The Bertz CT molecular complexity index is 1280. The third-order valence-electron chi connectivity index (χ3n) is 4.69. The summed E-state index contributed by atoms with van der Waals surface area (Å²) in [5.74, 6) is -5.14. The second kappa shape index (κ2) is 9.18. The van der Waals surface area contributed by atoms with Crippen molar-refractivity contribution >= 4 is 46.9 Å². The molecule has 11 heteroatoms. The van der Waals surface area contributed by atoms with Crippen LogP contribution in [0.2, 0.25) is 0 Å². The first-order chi connectivity index (χ1) is 15.2. The van der Waals surface area contributed by atoms with Crippen molar-refractivity contribution in [1.29, 1.82) is 0 Å². The molecule has 0 aliphatic heterocycles. The molecule has 0 saturated heterocycles. The van der Waals surface area contributed by atoms with Gasteiger partial charge in [0.2, 0.25) is 5.95 Å². The monoisotopic (exact) mass is 437 g/mol. The van der Waals surface area contributed by atoms with Gasteiger partial charge in [-0.3, -0.25) is 24.2 Å². The minimum atomic E-state index is -1.56. The fraction of sp³-hybridized carbons (Fsp3) is 0.143. The molecule has 3 rings (SSSR count). The number of carboxylic acid groups (broad SMARTS) is 2. The van der Waals surface area contributed by atoms with E-state index in [1.807, 2.05) is 0 Å². The Morgan fingerprint density at radius 1 is 1.06 bits per heavy atom. The van der Waals surface area contributed by atoms with Crippen LogP contribution in [0, 0.1) is 5.92 Å². The van der Waals surface area contributed by atoms with E-state index in [1.165, 1.54) is 18.3 Å². The zero-order valence-corrected chi connectivity index (χ0v) is 16.6. The predicted octanol–water partition coefficient (Wildman–Crippen LogP) is 0.756. The summed E-state index contributed by atoms with van der Waals surface area (Å²) in [4.78, 5) is 57.2. The molecule has 0 saturated carbocycles. The highest BCUT2D eigenvalue weighted by molar-refractivity contribution is 6.08. The van der Waals surface area contributed by atoms with E-state index < -0.39 is 41.7 Å². The minimum Gasteiger partial charge on any atom is -0.481 e. The van der Waals surface area contributed by atoms with Crippen molar-refractivity contribution in [1.82, 2.24) is 15.0 Å². The van der Waals surface area contributed by atoms with Gasteiger partial charge in [-0.25, -0.2) is 4.98 Å². The Hall–Kier alpha value is -4.38. The van der Waals surface area contributed by atoms with Crippen molar-refractivity contribution < 1.29 is 24.6 Å². The van der Waals surface area contributed by atoms with Crippen molar-refractivity contribution in [3.05, 3.63) is 63.6 Å². The van der Waals surface area contributed by atoms with Gasteiger partial charge < -0.3 is 21.7 Å². The number of benzene rings is 1. The van der Waals surface area contributed by atoms with Crippen LogP contribution in [0.15, 0.2) is 41.3 Å². The van der Waals surface area contributed by atoms with Gasteiger partial charge in [-0.1, -0.05) is 36.4 Å². The Labute approximate surface area is 180 Å².